The van der Waals surface area contributed by atoms with E-state index in [2.05, 4.69) is 5.32 Å². The number of nitrogens with two attached hydrogens (primary N) is 1. The van der Waals surface area contributed by atoms with Gasteiger partial charge in [0.05, 0.1) is 0 Å². The van der Waals surface area contributed by atoms with Crippen LogP contribution in [0.3, 0.4) is 0 Å². The molecule has 0 aliphatic carbocycles. The van der Waals surface area contributed by atoms with Crippen molar-refractivity contribution in [3.63, 3.8) is 0 Å². The van der Waals surface area contributed by atoms with Crippen LogP contribution in [0.5, 0.6) is 0 Å². The average Bonchev–Trinajstić information content (AvgIpc) is 2.78. The number of aliphatic hydroxyl groups is 1. The van der Waals surface area contributed by atoms with Gasteiger partial charge in [0.1, 0.15) is 0 Å². The second-order valence-corrected chi connectivity index (χ2v) is 10.6. The fourth-order valence-corrected chi connectivity index (χ4v) is 5.13. The van der Waals surface area contributed by atoms with Crippen LogP contribution in [0.4, 0.5) is 0 Å². The molecule has 1 rings (SSSR count). The molecule has 0 bridgehead atoms. The molecule has 0 aromatic heterocycles. The molecule has 35 heavy (non-hydrogen) atoms. The van der Waals surface area contributed by atoms with E-state index in [1.54, 1.807) is 27.7 Å². The van der Waals surface area contributed by atoms with Crippen molar-refractivity contribution in [3.8, 4) is 0 Å². The van der Waals surface area contributed by atoms with Gasteiger partial charge in [-0.1, -0.05) is 44.2 Å². The standard InChI is InChI=1S/C25H40N3O6P/c1-17(2)20(14-10-16-24(26,33)22(30)27-18(3)4)25(35-34,23(31)32)28(5)21(29)15-9-13-19-11-7-6-8-12-19/h6-8,11-12,17-18,20,33H,9-10,13-16,26H2,1-5H3,(H,27,30)(H,31,32)/t20?,24?,25-/m1/s1. The lowest BCUT2D eigenvalue weighted by molar-refractivity contribution is -0.156. The number of carbonyl (C=O) groups is 3. The molecule has 0 heterocycles. The van der Waals surface area contributed by atoms with E-state index in [-0.39, 0.29) is 37.6 Å². The van der Waals surface area contributed by atoms with Crippen molar-refractivity contribution < 1.29 is 29.2 Å². The molecule has 0 aliphatic rings. The highest BCUT2D eigenvalue weighted by atomic mass is 31.1. The van der Waals surface area contributed by atoms with Gasteiger partial charge in [-0.25, -0.2) is 4.79 Å². The highest BCUT2D eigenvalue weighted by molar-refractivity contribution is 7.27. The molecule has 196 valence electrons. The first kappa shape index (κ1) is 30.7. The average molecular weight is 510 g/mol. The largest absolute Gasteiger partial charge is 0.479 e. The highest BCUT2D eigenvalue weighted by Gasteiger charge is 2.53. The van der Waals surface area contributed by atoms with Gasteiger partial charge in [0.15, 0.2) is 14.2 Å². The maximum Gasteiger partial charge on any atom is 0.342 e. The van der Waals surface area contributed by atoms with Gasteiger partial charge in [-0.05, 0) is 57.4 Å². The van der Waals surface area contributed by atoms with Crippen LogP contribution in [-0.2, 0) is 25.4 Å². The summed E-state index contributed by atoms with van der Waals surface area (Å²) in [5, 5.41) is 21.1. The summed E-state index contributed by atoms with van der Waals surface area (Å²) < 4.78 is 12.4. The van der Waals surface area contributed by atoms with E-state index < -0.39 is 43.2 Å². The summed E-state index contributed by atoms with van der Waals surface area (Å²) in [4.78, 5) is 38.7. The van der Waals surface area contributed by atoms with Crippen LogP contribution in [0, 0.1) is 11.8 Å². The number of carboxylic acids is 1. The number of hydrogen-bond donors (Lipinski definition) is 4. The molecule has 0 spiro atoms. The SMILES string of the molecule is CC(C)NC(=O)C(N)(O)CCCC(C(C)C)[C@@](P=O)(C(=O)O)N(C)C(=O)CCCc1ccccc1. The number of likely N-dealkylation sites (N-methyl/N-ethyl adjacent to an activating group) is 1. The molecule has 0 radical (unpaired) electrons. The fourth-order valence-electron chi connectivity index (χ4n) is 4.26. The third-order valence-electron chi connectivity index (χ3n) is 6.25. The number of nitrogens with zero attached hydrogens (tertiary/aromatic N) is 1. The molecule has 0 fully saturated rings. The molecule has 10 heteroatoms. The van der Waals surface area contributed by atoms with Crippen LogP contribution in [0.1, 0.15) is 65.4 Å². The van der Waals surface area contributed by atoms with E-state index in [4.69, 9.17) is 5.73 Å². The Morgan fingerprint density at radius 1 is 1.11 bits per heavy atom. The summed E-state index contributed by atoms with van der Waals surface area (Å²) in [5.41, 5.74) is 4.74. The van der Waals surface area contributed by atoms with Gasteiger partial charge in [0.25, 0.3) is 5.91 Å². The van der Waals surface area contributed by atoms with Crippen molar-refractivity contribution in [1.29, 1.82) is 0 Å². The third kappa shape index (κ3) is 8.37. The first-order chi connectivity index (χ1) is 16.3. The van der Waals surface area contributed by atoms with Gasteiger partial charge in [-0.3, -0.25) is 19.9 Å². The van der Waals surface area contributed by atoms with Crippen LogP contribution in [0.2, 0.25) is 0 Å². The molecular weight excluding hydrogens is 469 g/mol. The molecule has 9 nitrogen and oxygen atoms in total. The van der Waals surface area contributed by atoms with Crippen molar-refractivity contribution in [3.05, 3.63) is 35.9 Å². The number of aliphatic carboxylic acids is 1. The Bertz CT molecular complexity index is 862. The zero-order valence-electron chi connectivity index (χ0n) is 21.4. The molecule has 2 amide bonds. The van der Waals surface area contributed by atoms with Gasteiger partial charge in [0, 0.05) is 25.4 Å². The molecule has 0 aliphatic heterocycles. The molecule has 1 aromatic carbocycles. The summed E-state index contributed by atoms with van der Waals surface area (Å²) >= 11 is 0. The normalized spacial score (nSPS) is 15.9. The number of benzene rings is 1. The van der Waals surface area contributed by atoms with Crippen LogP contribution in [-0.4, -0.2) is 57.0 Å². The van der Waals surface area contributed by atoms with Crippen LogP contribution in [0.25, 0.3) is 0 Å². The number of carbonyl (C=O) groups excluding carboxylic acids is 2. The van der Waals surface area contributed by atoms with E-state index in [1.807, 2.05) is 30.3 Å². The van der Waals surface area contributed by atoms with Crippen molar-refractivity contribution >= 4 is 26.2 Å². The fraction of sp³-hybridized carbons (Fsp3) is 0.640. The monoisotopic (exact) mass is 509 g/mol. The van der Waals surface area contributed by atoms with Crippen molar-refractivity contribution in [2.24, 2.45) is 17.6 Å². The van der Waals surface area contributed by atoms with Crippen molar-refractivity contribution in [1.82, 2.24) is 10.2 Å². The molecule has 5 N–H and O–H groups in total. The van der Waals surface area contributed by atoms with Crippen LogP contribution in [0.15, 0.2) is 30.3 Å². The Balaban J connectivity index is 2.99. The Morgan fingerprint density at radius 3 is 2.20 bits per heavy atom. The van der Waals surface area contributed by atoms with E-state index in [9.17, 15) is 29.2 Å². The molecule has 2 unspecified atom stereocenters. The minimum atomic E-state index is -2.12. The Morgan fingerprint density at radius 2 is 1.71 bits per heavy atom. The van der Waals surface area contributed by atoms with E-state index in [0.717, 1.165) is 10.5 Å². The zero-order chi connectivity index (χ0) is 26.8. The number of rotatable bonds is 15. The Labute approximate surface area is 209 Å². The summed E-state index contributed by atoms with van der Waals surface area (Å²) in [6.45, 7) is 7.07. The highest BCUT2D eigenvalue weighted by Crippen LogP contribution is 2.43. The van der Waals surface area contributed by atoms with Gasteiger partial charge >= 0.3 is 5.97 Å². The molecule has 3 atom stereocenters. The number of hydrogen-bond acceptors (Lipinski definition) is 6. The van der Waals surface area contributed by atoms with E-state index in [1.165, 1.54) is 7.05 Å². The second kappa shape index (κ2) is 13.7. The number of aryl methyl sites for hydroxylation is 1. The molecule has 0 saturated carbocycles. The molecule has 1 aromatic rings. The minimum absolute atomic E-state index is 0.110. The van der Waals surface area contributed by atoms with Crippen LogP contribution < -0.4 is 11.1 Å². The summed E-state index contributed by atoms with van der Waals surface area (Å²) in [6, 6.07) is 9.45. The third-order valence-corrected chi connectivity index (χ3v) is 7.35. The molecular formula is C25H40N3O6P. The Kier molecular flexibility index (Phi) is 12.0. The lowest BCUT2D eigenvalue weighted by Crippen LogP contribution is -2.58. The predicted octanol–water partition coefficient (Wildman–Crippen LogP) is 3.15. The maximum atomic E-state index is 13.0. The van der Waals surface area contributed by atoms with Crippen molar-refractivity contribution in [2.75, 3.05) is 7.05 Å². The Hall–Kier alpha value is -2.35. The second-order valence-electron chi connectivity index (χ2n) is 9.71. The number of nitrogens with one attached hydrogen (secondary N) is 1. The quantitative estimate of drug-likeness (QED) is 0.209. The first-order valence-electron chi connectivity index (χ1n) is 12.0. The maximum absolute atomic E-state index is 13.0. The predicted molar refractivity (Wildman–Crippen MR) is 135 cm³/mol. The van der Waals surface area contributed by atoms with Gasteiger partial charge < -0.3 is 20.4 Å². The summed E-state index contributed by atoms with van der Waals surface area (Å²) in [5.74, 6) is -3.48. The number of carboxylic acid groups (broad SMARTS) is 1. The summed E-state index contributed by atoms with van der Waals surface area (Å²) in [7, 11) is 0.659. The lowest BCUT2D eigenvalue weighted by atomic mass is 9.82. The zero-order valence-corrected chi connectivity index (χ0v) is 22.3. The minimum Gasteiger partial charge on any atom is -0.479 e. The van der Waals surface area contributed by atoms with Crippen LogP contribution >= 0.6 is 8.46 Å². The number of amides is 2. The van der Waals surface area contributed by atoms with Crippen molar-refractivity contribution in [2.45, 2.75) is 83.3 Å². The van der Waals surface area contributed by atoms with Gasteiger partial charge in [-0.15, -0.1) is 0 Å². The topological polar surface area (TPSA) is 150 Å². The first-order valence-corrected chi connectivity index (χ1v) is 12.8. The van der Waals surface area contributed by atoms with Gasteiger partial charge in [0.2, 0.25) is 11.2 Å². The summed E-state index contributed by atoms with van der Waals surface area (Å²) in [6.07, 6.45) is 1.57. The smallest absolute Gasteiger partial charge is 0.342 e. The van der Waals surface area contributed by atoms with Gasteiger partial charge in [-0.2, -0.15) is 0 Å². The lowest BCUT2D eigenvalue weighted by Gasteiger charge is -2.41. The van der Waals surface area contributed by atoms with E-state index >= 15 is 0 Å². The van der Waals surface area contributed by atoms with E-state index in [0.29, 0.717) is 12.8 Å². The molecule has 0 saturated heterocycles.